The Kier molecular flexibility index (Phi) is 7.56. The normalized spacial score (nSPS) is 11.9. The van der Waals surface area contributed by atoms with Gasteiger partial charge in [-0.1, -0.05) is 0 Å². The Morgan fingerprint density at radius 1 is 1.40 bits per heavy atom. The summed E-state index contributed by atoms with van der Waals surface area (Å²) in [5, 5.41) is 2.72. The minimum atomic E-state index is -0.278. The second-order valence-corrected chi connectivity index (χ2v) is 4.07. The van der Waals surface area contributed by atoms with Crippen molar-refractivity contribution in [1.82, 2.24) is 4.98 Å². The highest BCUT2D eigenvalue weighted by Gasteiger charge is 2.11. The van der Waals surface area contributed by atoms with E-state index in [1.807, 2.05) is 0 Å². The zero-order chi connectivity index (χ0) is 14.8. The fraction of sp³-hybridized carbons (Fsp3) is 0.538. The minimum Gasteiger partial charge on any atom is -0.475 e. The molecule has 1 aromatic rings. The number of hydrogen-bond donors (Lipinski definition) is 2. The molecule has 0 radical (unpaired) electrons. The number of ether oxygens (including phenoxy) is 3. The summed E-state index contributed by atoms with van der Waals surface area (Å²) < 4.78 is 15.2. The highest BCUT2D eigenvalue weighted by atomic mass is 16.5. The van der Waals surface area contributed by atoms with E-state index < -0.39 is 0 Å². The SMILES string of the molecule is COCCOc1ccc(NC(=O)CC(CN)OC)cn1. The first-order valence-electron chi connectivity index (χ1n) is 6.30. The van der Waals surface area contributed by atoms with Gasteiger partial charge >= 0.3 is 0 Å². The quantitative estimate of drug-likeness (QED) is 0.637. The smallest absolute Gasteiger partial charge is 0.227 e. The number of hydrogen-bond acceptors (Lipinski definition) is 6. The Morgan fingerprint density at radius 2 is 2.20 bits per heavy atom. The highest BCUT2D eigenvalue weighted by Crippen LogP contribution is 2.12. The molecule has 1 rings (SSSR count). The molecule has 0 aliphatic rings. The molecule has 0 aliphatic carbocycles. The van der Waals surface area contributed by atoms with Crippen LogP contribution in [0.4, 0.5) is 5.69 Å². The van der Waals surface area contributed by atoms with Crippen LogP contribution in [0.2, 0.25) is 0 Å². The van der Waals surface area contributed by atoms with Crippen molar-refractivity contribution in [3.8, 4) is 5.88 Å². The van der Waals surface area contributed by atoms with Crippen molar-refractivity contribution in [3.05, 3.63) is 18.3 Å². The van der Waals surface area contributed by atoms with E-state index in [1.54, 1.807) is 19.2 Å². The van der Waals surface area contributed by atoms with Crippen LogP contribution < -0.4 is 15.8 Å². The molecule has 0 bridgehead atoms. The van der Waals surface area contributed by atoms with Crippen LogP contribution in [0.25, 0.3) is 0 Å². The van der Waals surface area contributed by atoms with Gasteiger partial charge in [-0.3, -0.25) is 4.79 Å². The van der Waals surface area contributed by atoms with Gasteiger partial charge in [0.25, 0.3) is 0 Å². The molecule has 20 heavy (non-hydrogen) atoms. The van der Waals surface area contributed by atoms with Gasteiger partial charge in [0.05, 0.1) is 31.0 Å². The lowest BCUT2D eigenvalue weighted by Gasteiger charge is -2.12. The van der Waals surface area contributed by atoms with Gasteiger partial charge in [0.15, 0.2) is 0 Å². The van der Waals surface area contributed by atoms with Crippen LogP contribution in [0.5, 0.6) is 5.88 Å². The van der Waals surface area contributed by atoms with Crippen LogP contribution in [0.15, 0.2) is 18.3 Å². The summed E-state index contributed by atoms with van der Waals surface area (Å²) in [5.74, 6) is 0.314. The maximum atomic E-state index is 11.7. The summed E-state index contributed by atoms with van der Waals surface area (Å²) in [6, 6.07) is 3.40. The summed E-state index contributed by atoms with van der Waals surface area (Å²) in [5.41, 5.74) is 6.06. The molecule has 7 nitrogen and oxygen atoms in total. The number of rotatable bonds is 9. The van der Waals surface area contributed by atoms with Gasteiger partial charge in [0.1, 0.15) is 6.61 Å². The number of aromatic nitrogens is 1. The Labute approximate surface area is 118 Å². The van der Waals surface area contributed by atoms with Crippen molar-refractivity contribution in [3.63, 3.8) is 0 Å². The Balaban J connectivity index is 2.42. The van der Waals surface area contributed by atoms with E-state index in [0.29, 0.717) is 31.3 Å². The van der Waals surface area contributed by atoms with Crippen LogP contribution in [-0.4, -0.2) is 51.0 Å². The number of pyridine rings is 1. The van der Waals surface area contributed by atoms with Crippen LogP contribution >= 0.6 is 0 Å². The summed E-state index contributed by atoms with van der Waals surface area (Å²) in [6.07, 6.45) is 1.46. The molecule has 0 aromatic carbocycles. The molecule has 1 atom stereocenters. The molecule has 0 fully saturated rings. The molecular weight excluding hydrogens is 262 g/mol. The van der Waals surface area contributed by atoms with E-state index in [0.717, 1.165) is 0 Å². The number of nitrogens with one attached hydrogen (secondary N) is 1. The summed E-state index contributed by atoms with van der Waals surface area (Å²) in [6.45, 7) is 1.23. The number of nitrogens with zero attached hydrogens (tertiary/aromatic N) is 1. The molecule has 1 unspecified atom stereocenters. The number of anilines is 1. The zero-order valence-electron chi connectivity index (χ0n) is 11.8. The lowest BCUT2D eigenvalue weighted by Crippen LogP contribution is -2.28. The van der Waals surface area contributed by atoms with Crippen molar-refractivity contribution in [2.24, 2.45) is 5.73 Å². The second-order valence-electron chi connectivity index (χ2n) is 4.07. The van der Waals surface area contributed by atoms with Gasteiger partial charge in [-0.25, -0.2) is 4.98 Å². The van der Waals surface area contributed by atoms with Crippen LogP contribution in [0.1, 0.15) is 6.42 Å². The largest absolute Gasteiger partial charge is 0.475 e. The first kappa shape index (κ1) is 16.4. The van der Waals surface area contributed by atoms with Crippen molar-refractivity contribution in [2.45, 2.75) is 12.5 Å². The third-order valence-corrected chi connectivity index (χ3v) is 2.57. The van der Waals surface area contributed by atoms with E-state index in [1.165, 1.54) is 13.3 Å². The number of nitrogens with two attached hydrogens (primary N) is 1. The van der Waals surface area contributed by atoms with E-state index >= 15 is 0 Å². The molecule has 1 aromatic heterocycles. The fourth-order valence-electron chi connectivity index (χ4n) is 1.45. The first-order valence-corrected chi connectivity index (χ1v) is 6.30. The van der Waals surface area contributed by atoms with Gasteiger partial charge < -0.3 is 25.3 Å². The van der Waals surface area contributed by atoms with E-state index in [9.17, 15) is 4.79 Å². The number of methoxy groups -OCH3 is 2. The van der Waals surface area contributed by atoms with Gasteiger partial charge in [-0.2, -0.15) is 0 Å². The second kappa shape index (κ2) is 9.24. The average molecular weight is 283 g/mol. The van der Waals surface area contributed by atoms with Gasteiger partial charge in [-0.05, 0) is 6.07 Å². The molecule has 0 saturated heterocycles. The van der Waals surface area contributed by atoms with Crippen LogP contribution in [0.3, 0.4) is 0 Å². The number of carbonyl (C=O) groups excluding carboxylic acids is 1. The number of carbonyl (C=O) groups is 1. The molecule has 0 aliphatic heterocycles. The van der Waals surface area contributed by atoms with Gasteiger partial charge in [0, 0.05) is 26.8 Å². The molecular formula is C13H21N3O4. The van der Waals surface area contributed by atoms with Gasteiger partial charge in [-0.15, -0.1) is 0 Å². The monoisotopic (exact) mass is 283 g/mol. The van der Waals surface area contributed by atoms with Crippen molar-refractivity contribution < 1.29 is 19.0 Å². The predicted molar refractivity (Wildman–Crippen MR) is 74.7 cm³/mol. The molecule has 1 heterocycles. The van der Waals surface area contributed by atoms with E-state index in [-0.39, 0.29) is 18.4 Å². The van der Waals surface area contributed by atoms with E-state index in [2.05, 4.69) is 10.3 Å². The lowest BCUT2D eigenvalue weighted by molar-refractivity contribution is -0.118. The lowest BCUT2D eigenvalue weighted by atomic mass is 10.2. The number of amides is 1. The summed E-state index contributed by atoms with van der Waals surface area (Å²) in [4.78, 5) is 15.8. The zero-order valence-corrected chi connectivity index (χ0v) is 11.8. The Hall–Kier alpha value is -1.70. The average Bonchev–Trinajstić information content (AvgIpc) is 2.47. The van der Waals surface area contributed by atoms with Crippen LogP contribution in [0, 0.1) is 0 Å². The van der Waals surface area contributed by atoms with E-state index in [4.69, 9.17) is 19.9 Å². The molecule has 0 spiro atoms. The Morgan fingerprint density at radius 3 is 2.75 bits per heavy atom. The molecule has 7 heteroatoms. The molecule has 1 amide bonds. The third kappa shape index (κ3) is 5.96. The maximum absolute atomic E-state index is 11.7. The maximum Gasteiger partial charge on any atom is 0.227 e. The first-order chi connectivity index (χ1) is 9.69. The predicted octanol–water partition coefficient (Wildman–Crippen LogP) is 0.409. The summed E-state index contributed by atoms with van der Waals surface area (Å²) in [7, 11) is 3.13. The fourth-order valence-corrected chi connectivity index (χ4v) is 1.45. The Bertz CT molecular complexity index is 393. The molecule has 3 N–H and O–H groups in total. The molecule has 112 valence electrons. The standard InChI is InChI=1S/C13H21N3O4/c1-18-5-6-20-13-4-3-10(9-15-13)16-12(17)7-11(8-14)19-2/h3-4,9,11H,5-8,14H2,1-2H3,(H,16,17). The van der Waals surface area contributed by atoms with Crippen molar-refractivity contribution >= 4 is 11.6 Å². The van der Waals surface area contributed by atoms with Crippen LogP contribution in [-0.2, 0) is 14.3 Å². The van der Waals surface area contributed by atoms with Crippen molar-refractivity contribution in [2.75, 3.05) is 39.3 Å². The van der Waals surface area contributed by atoms with Crippen molar-refractivity contribution in [1.29, 1.82) is 0 Å². The summed E-state index contributed by atoms with van der Waals surface area (Å²) >= 11 is 0. The third-order valence-electron chi connectivity index (χ3n) is 2.57. The minimum absolute atomic E-state index is 0.169. The van der Waals surface area contributed by atoms with Gasteiger partial charge in [0.2, 0.25) is 11.8 Å². The molecule has 0 saturated carbocycles. The highest BCUT2D eigenvalue weighted by molar-refractivity contribution is 5.90. The topological polar surface area (TPSA) is 95.7 Å².